The minimum Gasteiger partial charge on any atom is -0.481 e. The Morgan fingerprint density at radius 3 is 1.33 bits per heavy atom. The molecule has 2 aromatic carbocycles. The Bertz CT molecular complexity index is 1810. The van der Waals surface area contributed by atoms with E-state index < -0.39 is 11.9 Å². The number of rotatable bonds is 17. The molecule has 0 fully saturated rings. The van der Waals surface area contributed by atoms with Gasteiger partial charge in [0.25, 0.3) is 0 Å². The second-order valence-corrected chi connectivity index (χ2v) is 14.8. The second-order valence-electron chi connectivity index (χ2n) is 13.9. The first kappa shape index (κ1) is 40.2. The van der Waals surface area contributed by atoms with Gasteiger partial charge in [-0.1, -0.05) is 59.6 Å². The fraction of sp³-hybridized carbons (Fsp3) is 0.368. The average Bonchev–Trinajstić information content (AvgIpc) is 3.03. The predicted molar refractivity (Wildman–Crippen MR) is 198 cm³/mol. The number of hydrogen-bond acceptors (Lipinski definition) is 8. The summed E-state index contributed by atoms with van der Waals surface area (Å²) in [6, 6.07) is 15.4. The minimum absolute atomic E-state index is 0.0737. The Kier molecular flexibility index (Phi) is 13.0. The summed E-state index contributed by atoms with van der Waals surface area (Å²) in [5.74, 6) is -0.742. The summed E-state index contributed by atoms with van der Waals surface area (Å²) in [5, 5.41) is 19.2. The van der Waals surface area contributed by atoms with E-state index in [4.69, 9.17) is 42.1 Å². The highest BCUT2D eigenvalue weighted by Crippen LogP contribution is 2.35. The van der Waals surface area contributed by atoms with Gasteiger partial charge in [-0.15, -0.1) is 0 Å². The fourth-order valence-electron chi connectivity index (χ4n) is 6.09. The molecule has 2 heterocycles. The molecule has 0 saturated carbocycles. The van der Waals surface area contributed by atoms with Gasteiger partial charge in [-0.25, -0.2) is 9.59 Å². The van der Waals surface area contributed by atoms with E-state index in [9.17, 15) is 19.8 Å². The van der Waals surface area contributed by atoms with Crippen LogP contribution in [0.1, 0.15) is 33.4 Å². The van der Waals surface area contributed by atoms with Crippen LogP contribution in [-0.4, -0.2) is 96.6 Å². The molecule has 2 N–H and O–H groups in total. The van der Waals surface area contributed by atoms with Gasteiger partial charge in [-0.3, -0.25) is 0 Å². The lowest BCUT2D eigenvalue weighted by atomic mass is 9.92. The first-order valence-corrected chi connectivity index (χ1v) is 17.2. The van der Waals surface area contributed by atoms with Crippen LogP contribution in [-0.2, 0) is 35.9 Å². The standard InChI is InChI=1S/C38H44Cl2N4O8/c1-23-25(21-51-37-31(39)15-27(35(41-37)49-7)17-43(3,4)19-33(45)46)11-9-13-29(23)30-14-10-12-26(24(30)2)22-52-38-32(40)16-28(36(42-38)50-8)18-44(5,6)20-34(47)48/h9-16H,17-22H2,1-8H3/p+2. The third-order valence-electron chi connectivity index (χ3n) is 8.59. The predicted octanol–water partition coefficient (Wildman–Crippen LogP) is 6.56. The molecule has 0 bridgehead atoms. The largest absolute Gasteiger partial charge is 0.481 e. The molecule has 0 aliphatic carbocycles. The van der Waals surface area contributed by atoms with Crippen molar-refractivity contribution in [1.82, 2.24) is 9.97 Å². The van der Waals surface area contributed by atoms with Crippen LogP contribution >= 0.6 is 23.2 Å². The first-order valence-electron chi connectivity index (χ1n) is 16.4. The van der Waals surface area contributed by atoms with Crippen molar-refractivity contribution in [2.24, 2.45) is 0 Å². The number of aromatic nitrogens is 2. The smallest absolute Gasteiger partial charge is 0.359 e. The molecular weight excluding hydrogens is 711 g/mol. The zero-order valence-corrected chi connectivity index (χ0v) is 32.3. The van der Waals surface area contributed by atoms with Gasteiger partial charge in [0, 0.05) is 0 Å². The van der Waals surface area contributed by atoms with Crippen LogP contribution in [0.25, 0.3) is 11.1 Å². The van der Waals surface area contributed by atoms with E-state index >= 15 is 0 Å². The molecular formula is C38H46Cl2N4O8+2. The van der Waals surface area contributed by atoms with Crippen molar-refractivity contribution in [3.63, 3.8) is 0 Å². The summed E-state index contributed by atoms with van der Waals surface area (Å²) in [6.45, 7) is 5.02. The van der Waals surface area contributed by atoms with Gasteiger partial charge < -0.3 is 38.1 Å². The number of hydrogen-bond donors (Lipinski definition) is 2. The number of quaternary nitrogens is 2. The SMILES string of the molecule is COc1nc(OCc2cccc(-c3cccc(COc4nc(OC)c(C[N+](C)(C)CC(=O)O)cc4Cl)c3C)c2C)c(Cl)cc1C[N+](C)(C)CC(=O)O. The normalized spacial score (nSPS) is 11.7. The molecule has 14 heteroatoms. The zero-order valence-electron chi connectivity index (χ0n) is 30.8. The Hall–Kier alpha value is -4.62. The number of pyridine rings is 2. The molecule has 52 heavy (non-hydrogen) atoms. The maximum atomic E-state index is 11.3. The summed E-state index contributed by atoms with van der Waals surface area (Å²) in [6.07, 6.45) is 0. The van der Waals surface area contributed by atoms with Crippen molar-refractivity contribution in [2.75, 3.05) is 55.5 Å². The highest BCUT2D eigenvalue weighted by atomic mass is 35.5. The van der Waals surface area contributed by atoms with Gasteiger partial charge in [-0.2, -0.15) is 9.97 Å². The number of carboxylic acids is 2. The van der Waals surface area contributed by atoms with Crippen LogP contribution in [0, 0.1) is 13.8 Å². The van der Waals surface area contributed by atoms with Gasteiger partial charge in [0.1, 0.15) is 36.3 Å². The van der Waals surface area contributed by atoms with E-state index in [1.165, 1.54) is 14.2 Å². The third kappa shape index (κ3) is 10.3. The summed E-state index contributed by atoms with van der Waals surface area (Å²) in [7, 11) is 10.2. The molecule has 0 unspecified atom stereocenters. The van der Waals surface area contributed by atoms with E-state index in [1.54, 1.807) is 12.1 Å². The van der Waals surface area contributed by atoms with Gasteiger partial charge >= 0.3 is 11.9 Å². The van der Waals surface area contributed by atoms with Gasteiger partial charge in [0.2, 0.25) is 23.5 Å². The molecule has 2 aromatic heterocycles. The molecule has 278 valence electrons. The van der Waals surface area contributed by atoms with Gasteiger partial charge in [-0.05, 0) is 59.4 Å². The number of aliphatic carboxylic acids is 2. The Morgan fingerprint density at radius 2 is 1.00 bits per heavy atom. The zero-order chi connectivity index (χ0) is 38.4. The van der Waals surface area contributed by atoms with Crippen molar-refractivity contribution in [3.05, 3.63) is 92.0 Å². The average molecular weight is 758 g/mol. The van der Waals surface area contributed by atoms with Crippen LogP contribution in [0.5, 0.6) is 23.5 Å². The number of ether oxygens (including phenoxy) is 4. The summed E-state index contributed by atoms with van der Waals surface area (Å²) >= 11 is 13.2. The highest BCUT2D eigenvalue weighted by molar-refractivity contribution is 6.32. The molecule has 0 spiro atoms. The lowest BCUT2D eigenvalue weighted by molar-refractivity contribution is -0.896. The molecule has 12 nitrogen and oxygen atoms in total. The molecule has 0 atom stereocenters. The quantitative estimate of drug-likeness (QED) is 0.114. The summed E-state index contributed by atoms with van der Waals surface area (Å²) < 4.78 is 23.6. The Morgan fingerprint density at radius 1 is 0.635 bits per heavy atom. The molecule has 0 amide bonds. The molecule has 4 rings (SSSR count). The molecule has 0 saturated heterocycles. The summed E-state index contributed by atoms with van der Waals surface area (Å²) in [5.41, 5.74) is 7.31. The van der Waals surface area contributed by atoms with Crippen LogP contribution in [0.2, 0.25) is 10.0 Å². The summed E-state index contributed by atoms with van der Waals surface area (Å²) in [4.78, 5) is 31.6. The van der Waals surface area contributed by atoms with Crippen molar-refractivity contribution in [2.45, 2.75) is 40.2 Å². The van der Waals surface area contributed by atoms with Crippen LogP contribution in [0.15, 0.2) is 48.5 Å². The Balaban J connectivity index is 1.52. The van der Waals surface area contributed by atoms with Crippen LogP contribution in [0.3, 0.4) is 0 Å². The lowest BCUT2D eigenvalue weighted by Crippen LogP contribution is -2.43. The maximum absolute atomic E-state index is 11.3. The Labute approximate surface area is 314 Å². The van der Waals surface area contributed by atoms with E-state index in [2.05, 4.69) is 22.1 Å². The van der Waals surface area contributed by atoms with Crippen LogP contribution in [0.4, 0.5) is 0 Å². The van der Waals surface area contributed by atoms with E-state index in [0.717, 1.165) is 33.4 Å². The maximum Gasteiger partial charge on any atom is 0.359 e. The first-order chi connectivity index (χ1) is 24.4. The fourth-order valence-corrected chi connectivity index (χ4v) is 6.55. The third-order valence-corrected chi connectivity index (χ3v) is 9.13. The number of carbonyl (C=O) groups is 2. The number of nitrogens with zero attached hydrogens (tertiary/aromatic N) is 4. The van der Waals surface area contributed by atoms with Crippen molar-refractivity contribution in [1.29, 1.82) is 0 Å². The van der Waals surface area contributed by atoms with Crippen molar-refractivity contribution < 1.29 is 47.7 Å². The second kappa shape index (κ2) is 16.8. The van der Waals surface area contributed by atoms with Crippen molar-refractivity contribution >= 4 is 35.1 Å². The lowest BCUT2D eigenvalue weighted by Gasteiger charge is -2.28. The van der Waals surface area contributed by atoms with E-state index in [-0.39, 0.29) is 47.0 Å². The molecule has 4 aromatic rings. The van der Waals surface area contributed by atoms with E-state index in [0.29, 0.717) is 46.0 Å². The van der Waals surface area contributed by atoms with E-state index in [1.807, 2.05) is 66.3 Å². The van der Waals surface area contributed by atoms with Gasteiger partial charge in [0.15, 0.2) is 13.1 Å². The number of halogens is 2. The monoisotopic (exact) mass is 756 g/mol. The van der Waals surface area contributed by atoms with Crippen LogP contribution < -0.4 is 18.9 Å². The number of methoxy groups -OCH3 is 2. The number of likely N-dealkylation sites (N-methyl/N-ethyl adjacent to an activating group) is 2. The molecule has 0 aliphatic heterocycles. The number of carboxylic acid groups (broad SMARTS) is 2. The minimum atomic E-state index is -0.905. The topological polar surface area (TPSA) is 137 Å². The molecule has 0 radical (unpaired) electrons. The van der Waals surface area contributed by atoms with Gasteiger partial charge in [0.05, 0.1) is 53.5 Å². The van der Waals surface area contributed by atoms with Crippen molar-refractivity contribution in [3.8, 4) is 34.6 Å². The highest BCUT2D eigenvalue weighted by Gasteiger charge is 2.26. The molecule has 0 aliphatic rings. The number of benzene rings is 2.